The molecule has 0 saturated carbocycles. The number of fused-ring (bicyclic) bond motifs is 1. The first-order chi connectivity index (χ1) is 11.0. The summed E-state index contributed by atoms with van der Waals surface area (Å²) in [6.07, 6.45) is -0.832. The van der Waals surface area contributed by atoms with Crippen LogP contribution in [0.3, 0.4) is 0 Å². The minimum atomic E-state index is -0.832. The number of ketones is 1. The zero-order valence-corrected chi connectivity index (χ0v) is 14.0. The number of H-pyrrole nitrogens is 1. The van der Waals surface area contributed by atoms with Crippen molar-refractivity contribution in [2.75, 3.05) is 0 Å². The minimum Gasteiger partial charge on any atom is -0.450 e. The van der Waals surface area contributed by atoms with Crippen molar-refractivity contribution in [3.05, 3.63) is 57.4 Å². The molecule has 0 unspecified atom stereocenters. The molecule has 4 nitrogen and oxygen atoms in total. The molecular weight excluding hydrogens is 310 g/mol. The molecule has 23 heavy (non-hydrogen) atoms. The van der Waals surface area contributed by atoms with E-state index < -0.39 is 12.1 Å². The molecule has 0 spiro atoms. The number of benzene rings is 1. The Labute approximate surface area is 138 Å². The fraction of sp³-hybridized carbons (Fsp3) is 0.222. The molecule has 1 aromatic carbocycles. The van der Waals surface area contributed by atoms with Gasteiger partial charge in [-0.1, -0.05) is 18.2 Å². The molecule has 0 saturated heterocycles. The van der Waals surface area contributed by atoms with E-state index in [1.165, 1.54) is 11.3 Å². The van der Waals surface area contributed by atoms with Crippen LogP contribution in [-0.2, 0) is 4.74 Å². The van der Waals surface area contributed by atoms with Gasteiger partial charge in [-0.05, 0) is 43.8 Å². The van der Waals surface area contributed by atoms with Crippen LogP contribution in [-0.4, -0.2) is 22.8 Å². The van der Waals surface area contributed by atoms with E-state index in [0.717, 1.165) is 22.2 Å². The summed E-state index contributed by atoms with van der Waals surface area (Å²) in [6, 6.07) is 9.47. The molecule has 1 atom stereocenters. The van der Waals surface area contributed by atoms with Crippen molar-refractivity contribution >= 4 is 34.0 Å². The van der Waals surface area contributed by atoms with Crippen LogP contribution in [0.25, 0.3) is 10.9 Å². The molecule has 1 N–H and O–H groups in total. The molecule has 5 heteroatoms. The fourth-order valence-corrected chi connectivity index (χ4v) is 3.45. The number of ether oxygens (including phenoxy) is 1. The van der Waals surface area contributed by atoms with Gasteiger partial charge in [0.1, 0.15) is 4.88 Å². The highest BCUT2D eigenvalue weighted by atomic mass is 32.1. The van der Waals surface area contributed by atoms with Crippen molar-refractivity contribution in [3.63, 3.8) is 0 Å². The maximum absolute atomic E-state index is 12.7. The van der Waals surface area contributed by atoms with Crippen LogP contribution in [0.15, 0.2) is 35.7 Å². The molecule has 0 amide bonds. The largest absolute Gasteiger partial charge is 0.450 e. The number of nitrogens with one attached hydrogen (secondary N) is 1. The van der Waals surface area contributed by atoms with E-state index in [2.05, 4.69) is 4.98 Å². The summed E-state index contributed by atoms with van der Waals surface area (Å²) in [7, 11) is 0. The van der Waals surface area contributed by atoms with Crippen molar-refractivity contribution in [3.8, 4) is 0 Å². The first kappa shape index (κ1) is 15.5. The summed E-state index contributed by atoms with van der Waals surface area (Å²) in [5.74, 6) is -0.640. The number of esters is 1. The van der Waals surface area contributed by atoms with Crippen LogP contribution in [0.4, 0.5) is 0 Å². The first-order valence-electron chi connectivity index (χ1n) is 7.35. The lowest BCUT2D eigenvalue weighted by Gasteiger charge is -2.12. The molecule has 2 heterocycles. The number of carbonyl (C=O) groups is 2. The SMILES string of the molecule is Cc1ccsc1C(=O)O[C@H](C)C(=O)c1c(C)[nH]c2ccccc12. The summed E-state index contributed by atoms with van der Waals surface area (Å²) in [5.41, 5.74) is 3.14. The Morgan fingerprint density at radius 2 is 1.91 bits per heavy atom. The number of hydrogen-bond donors (Lipinski definition) is 1. The smallest absolute Gasteiger partial charge is 0.349 e. The van der Waals surface area contributed by atoms with E-state index in [1.54, 1.807) is 6.92 Å². The summed E-state index contributed by atoms with van der Waals surface area (Å²) in [5, 5.41) is 2.69. The Hall–Kier alpha value is -2.40. The van der Waals surface area contributed by atoms with Crippen LogP contribution < -0.4 is 0 Å². The predicted molar refractivity (Wildman–Crippen MR) is 91.3 cm³/mol. The van der Waals surface area contributed by atoms with Crippen LogP contribution in [0.2, 0.25) is 0 Å². The summed E-state index contributed by atoms with van der Waals surface area (Å²) < 4.78 is 5.37. The average molecular weight is 327 g/mol. The zero-order valence-electron chi connectivity index (χ0n) is 13.2. The lowest BCUT2D eigenvalue weighted by Crippen LogP contribution is -2.24. The predicted octanol–water partition coefficient (Wildman–Crippen LogP) is 4.27. The number of aromatic nitrogens is 1. The van der Waals surface area contributed by atoms with Gasteiger partial charge in [0.15, 0.2) is 6.10 Å². The van der Waals surface area contributed by atoms with E-state index in [0.29, 0.717) is 10.4 Å². The highest BCUT2D eigenvalue weighted by Crippen LogP contribution is 2.24. The van der Waals surface area contributed by atoms with Crippen LogP contribution in [0.5, 0.6) is 0 Å². The van der Waals surface area contributed by atoms with Gasteiger partial charge in [0.05, 0.1) is 0 Å². The summed E-state index contributed by atoms with van der Waals surface area (Å²) in [4.78, 5) is 28.7. The molecule has 0 aliphatic carbocycles. The molecule has 0 aliphatic heterocycles. The van der Waals surface area contributed by atoms with Crippen molar-refractivity contribution in [2.45, 2.75) is 26.9 Å². The lowest BCUT2D eigenvalue weighted by atomic mass is 10.0. The maximum Gasteiger partial charge on any atom is 0.349 e. The number of hydrogen-bond acceptors (Lipinski definition) is 4. The normalized spacial score (nSPS) is 12.3. The molecule has 0 aliphatic rings. The third kappa shape index (κ3) is 2.80. The van der Waals surface area contributed by atoms with E-state index in [1.807, 2.05) is 49.6 Å². The number of aryl methyl sites for hydroxylation is 2. The van der Waals surface area contributed by atoms with E-state index in [4.69, 9.17) is 4.74 Å². The molecule has 0 fully saturated rings. The topological polar surface area (TPSA) is 59.2 Å². The van der Waals surface area contributed by atoms with Crippen molar-refractivity contribution < 1.29 is 14.3 Å². The second kappa shape index (κ2) is 6.01. The Balaban J connectivity index is 1.86. The molecule has 2 aromatic heterocycles. The van der Waals surface area contributed by atoms with Gasteiger partial charge < -0.3 is 9.72 Å². The van der Waals surface area contributed by atoms with E-state index >= 15 is 0 Å². The second-order valence-electron chi connectivity index (χ2n) is 5.52. The monoisotopic (exact) mass is 327 g/mol. The third-order valence-corrected chi connectivity index (χ3v) is 4.84. The molecule has 118 valence electrons. The highest BCUT2D eigenvalue weighted by molar-refractivity contribution is 7.12. The molecule has 0 radical (unpaired) electrons. The highest BCUT2D eigenvalue weighted by Gasteiger charge is 2.25. The Kier molecular flexibility index (Phi) is 4.05. The van der Waals surface area contributed by atoms with Crippen molar-refractivity contribution in [2.24, 2.45) is 0 Å². The number of rotatable bonds is 4. The van der Waals surface area contributed by atoms with Crippen molar-refractivity contribution in [1.82, 2.24) is 4.98 Å². The maximum atomic E-state index is 12.7. The standard InChI is InChI=1S/C18H17NO3S/c1-10-8-9-23-17(10)18(21)22-12(3)16(20)15-11(2)19-14-7-5-4-6-13(14)15/h4-9,12,19H,1-3H3/t12-/m1/s1. The van der Waals surface area contributed by atoms with Gasteiger partial charge in [0.2, 0.25) is 5.78 Å². The van der Waals surface area contributed by atoms with Gasteiger partial charge in [-0.25, -0.2) is 4.79 Å². The Morgan fingerprint density at radius 1 is 1.17 bits per heavy atom. The summed E-state index contributed by atoms with van der Waals surface area (Å²) >= 11 is 1.32. The number of aromatic amines is 1. The quantitative estimate of drug-likeness (QED) is 0.575. The zero-order chi connectivity index (χ0) is 16.6. The van der Waals surface area contributed by atoms with Gasteiger partial charge >= 0.3 is 5.97 Å². The molecular formula is C18H17NO3S. The Bertz CT molecular complexity index is 891. The third-order valence-electron chi connectivity index (χ3n) is 3.84. The van der Waals surface area contributed by atoms with Gasteiger partial charge in [0.25, 0.3) is 0 Å². The van der Waals surface area contributed by atoms with Gasteiger partial charge in [-0.2, -0.15) is 0 Å². The minimum absolute atomic E-state index is 0.192. The van der Waals surface area contributed by atoms with Gasteiger partial charge in [0, 0.05) is 22.2 Å². The van der Waals surface area contributed by atoms with Gasteiger partial charge in [-0.3, -0.25) is 4.79 Å². The fourth-order valence-electron chi connectivity index (χ4n) is 2.65. The number of Topliss-reactive ketones (excluding diaryl/α,β-unsaturated/α-hetero) is 1. The average Bonchev–Trinajstić information content (AvgIpc) is 3.08. The van der Waals surface area contributed by atoms with Crippen LogP contribution in [0, 0.1) is 13.8 Å². The number of carbonyl (C=O) groups excluding carboxylic acids is 2. The van der Waals surface area contributed by atoms with Crippen LogP contribution in [0.1, 0.15) is 38.2 Å². The van der Waals surface area contributed by atoms with Crippen LogP contribution >= 0.6 is 11.3 Å². The molecule has 3 rings (SSSR count). The second-order valence-corrected chi connectivity index (χ2v) is 6.43. The number of thiophene rings is 1. The first-order valence-corrected chi connectivity index (χ1v) is 8.23. The Morgan fingerprint density at radius 3 is 2.61 bits per heavy atom. The van der Waals surface area contributed by atoms with E-state index in [9.17, 15) is 9.59 Å². The lowest BCUT2D eigenvalue weighted by molar-refractivity contribution is 0.0323. The molecule has 0 bridgehead atoms. The summed E-state index contributed by atoms with van der Waals surface area (Å²) in [6.45, 7) is 5.32. The van der Waals surface area contributed by atoms with Gasteiger partial charge in [-0.15, -0.1) is 11.3 Å². The van der Waals surface area contributed by atoms with E-state index in [-0.39, 0.29) is 5.78 Å². The number of para-hydroxylation sites is 1. The van der Waals surface area contributed by atoms with Crippen molar-refractivity contribution in [1.29, 1.82) is 0 Å². The molecule has 3 aromatic rings.